The molecule has 28 heavy (non-hydrogen) atoms. The Balaban J connectivity index is 1.63. The second-order valence-electron chi connectivity index (χ2n) is 8.01. The number of nitrogens with zero attached hydrogens (tertiary/aromatic N) is 3. The van der Waals surface area contributed by atoms with E-state index in [0.29, 0.717) is 13.2 Å². The number of halogens is 1. The number of sulfonamides is 1. The van der Waals surface area contributed by atoms with Crippen LogP contribution in [-0.4, -0.2) is 62.1 Å². The van der Waals surface area contributed by atoms with E-state index in [4.69, 9.17) is 10.00 Å². The molecule has 0 aromatic heterocycles. The average molecular weight is 408 g/mol. The van der Waals surface area contributed by atoms with Crippen molar-refractivity contribution in [3.05, 3.63) is 29.6 Å². The van der Waals surface area contributed by atoms with E-state index in [1.165, 1.54) is 23.2 Å². The second-order valence-corrected chi connectivity index (χ2v) is 9.95. The fourth-order valence-corrected chi connectivity index (χ4v) is 6.50. The molecule has 0 amide bonds. The van der Waals surface area contributed by atoms with Crippen LogP contribution >= 0.6 is 0 Å². The van der Waals surface area contributed by atoms with Crippen LogP contribution in [0.5, 0.6) is 0 Å². The van der Waals surface area contributed by atoms with Crippen LogP contribution in [0.4, 0.5) is 4.39 Å². The fraction of sp³-hybridized carbons (Fsp3) is 0.650. The van der Waals surface area contributed by atoms with Crippen molar-refractivity contribution in [1.82, 2.24) is 9.21 Å². The molecule has 1 aliphatic carbocycles. The lowest BCUT2D eigenvalue weighted by molar-refractivity contribution is -0.149. The number of hydrogen-bond donors (Lipinski definition) is 0. The number of hydrogen-bond acceptors (Lipinski definition) is 5. The highest BCUT2D eigenvalue weighted by Gasteiger charge is 2.50. The van der Waals surface area contributed by atoms with Gasteiger partial charge in [-0.15, -0.1) is 0 Å². The van der Waals surface area contributed by atoms with Crippen molar-refractivity contribution in [2.75, 3.05) is 32.8 Å². The molecule has 0 N–H and O–H groups in total. The van der Waals surface area contributed by atoms with Crippen LogP contribution in [0.15, 0.2) is 23.1 Å². The van der Waals surface area contributed by atoms with Gasteiger partial charge in [0.15, 0.2) is 0 Å². The largest absolute Gasteiger partial charge is 0.371 e. The normalized spacial score (nSPS) is 29.8. The molecule has 3 fully saturated rings. The molecule has 152 valence electrons. The highest BCUT2D eigenvalue weighted by Crippen LogP contribution is 2.40. The lowest BCUT2D eigenvalue weighted by Crippen LogP contribution is -2.64. The molecule has 1 spiro atoms. The molecular formula is C20H26FN3O3S. The van der Waals surface area contributed by atoms with Gasteiger partial charge in [0.2, 0.25) is 10.0 Å². The van der Waals surface area contributed by atoms with Gasteiger partial charge in [-0.25, -0.2) is 12.8 Å². The second kappa shape index (κ2) is 7.71. The van der Waals surface area contributed by atoms with Gasteiger partial charge in [0.05, 0.1) is 22.7 Å². The summed E-state index contributed by atoms with van der Waals surface area (Å²) in [5.74, 6) is -0.707. The Morgan fingerprint density at radius 3 is 2.71 bits per heavy atom. The van der Waals surface area contributed by atoms with E-state index >= 15 is 0 Å². The molecule has 1 saturated carbocycles. The minimum absolute atomic E-state index is 0.0315. The molecule has 3 aliphatic rings. The third-order valence-electron chi connectivity index (χ3n) is 6.39. The Morgan fingerprint density at radius 2 is 1.96 bits per heavy atom. The zero-order chi connectivity index (χ0) is 19.8. The first-order chi connectivity index (χ1) is 13.5. The SMILES string of the molecule is N#Cc1cc(S(=O)(=O)N2CCO[C@]3(CCCC[C@H]3N3CCCC3)C2)ccc1F. The molecule has 2 atom stereocenters. The summed E-state index contributed by atoms with van der Waals surface area (Å²) < 4.78 is 47.9. The van der Waals surface area contributed by atoms with Gasteiger partial charge in [0.25, 0.3) is 0 Å². The predicted octanol–water partition coefficient (Wildman–Crippen LogP) is 2.50. The van der Waals surface area contributed by atoms with E-state index in [0.717, 1.165) is 50.9 Å². The Hall–Kier alpha value is -1.53. The van der Waals surface area contributed by atoms with Crippen molar-refractivity contribution in [2.24, 2.45) is 0 Å². The van der Waals surface area contributed by atoms with Crippen molar-refractivity contribution in [3.8, 4) is 6.07 Å². The van der Waals surface area contributed by atoms with Crippen molar-refractivity contribution < 1.29 is 17.5 Å². The molecule has 8 heteroatoms. The Labute approximate surface area is 165 Å². The first kappa shape index (κ1) is 19.8. The van der Waals surface area contributed by atoms with Gasteiger partial charge in [-0.05, 0) is 57.0 Å². The van der Waals surface area contributed by atoms with Gasteiger partial charge in [-0.2, -0.15) is 9.57 Å². The van der Waals surface area contributed by atoms with Crippen LogP contribution in [0.3, 0.4) is 0 Å². The number of ether oxygens (including phenoxy) is 1. The van der Waals surface area contributed by atoms with Crippen LogP contribution in [-0.2, 0) is 14.8 Å². The molecule has 2 heterocycles. The lowest BCUT2D eigenvalue weighted by Gasteiger charge is -2.51. The first-order valence-electron chi connectivity index (χ1n) is 10.0. The summed E-state index contributed by atoms with van der Waals surface area (Å²) in [4.78, 5) is 2.44. The Kier molecular flexibility index (Phi) is 5.45. The summed E-state index contributed by atoms with van der Waals surface area (Å²) in [7, 11) is -3.82. The zero-order valence-electron chi connectivity index (χ0n) is 15.9. The maximum absolute atomic E-state index is 13.7. The van der Waals surface area contributed by atoms with Crippen LogP contribution < -0.4 is 0 Å². The maximum atomic E-state index is 13.7. The molecule has 1 aromatic carbocycles. The number of benzene rings is 1. The lowest BCUT2D eigenvalue weighted by atomic mass is 9.78. The predicted molar refractivity (Wildman–Crippen MR) is 102 cm³/mol. The van der Waals surface area contributed by atoms with Crippen molar-refractivity contribution in [1.29, 1.82) is 5.26 Å². The summed E-state index contributed by atoms with van der Waals surface area (Å²) in [6.45, 7) is 3.04. The number of nitriles is 1. The summed E-state index contributed by atoms with van der Waals surface area (Å²) in [6, 6.07) is 5.39. The van der Waals surface area contributed by atoms with Gasteiger partial charge in [0, 0.05) is 19.1 Å². The molecule has 1 aromatic rings. The van der Waals surface area contributed by atoms with E-state index in [-0.39, 0.29) is 23.0 Å². The number of likely N-dealkylation sites (tertiary alicyclic amines) is 1. The molecule has 0 bridgehead atoms. The number of morpholine rings is 1. The molecule has 0 unspecified atom stereocenters. The van der Waals surface area contributed by atoms with Gasteiger partial charge >= 0.3 is 0 Å². The third-order valence-corrected chi connectivity index (χ3v) is 8.23. The smallest absolute Gasteiger partial charge is 0.243 e. The van der Waals surface area contributed by atoms with E-state index in [1.54, 1.807) is 6.07 Å². The molecule has 2 aliphatic heterocycles. The van der Waals surface area contributed by atoms with Gasteiger partial charge in [-0.3, -0.25) is 4.90 Å². The summed E-state index contributed by atoms with van der Waals surface area (Å²) >= 11 is 0. The van der Waals surface area contributed by atoms with Gasteiger partial charge < -0.3 is 4.74 Å². The fourth-order valence-electron chi connectivity index (χ4n) is 4.99. The summed E-state index contributed by atoms with van der Waals surface area (Å²) in [6.07, 6.45) is 6.42. The van der Waals surface area contributed by atoms with Crippen LogP contribution in [0.25, 0.3) is 0 Å². The van der Waals surface area contributed by atoms with Crippen molar-refractivity contribution in [2.45, 2.75) is 55.1 Å². The highest BCUT2D eigenvalue weighted by molar-refractivity contribution is 7.89. The van der Waals surface area contributed by atoms with Crippen molar-refractivity contribution in [3.63, 3.8) is 0 Å². The highest BCUT2D eigenvalue weighted by atomic mass is 32.2. The third kappa shape index (κ3) is 3.45. The molecule has 0 radical (unpaired) electrons. The molecule has 4 rings (SSSR count). The van der Waals surface area contributed by atoms with E-state index < -0.39 is 21.4 Å². The molecular weight excluding hydrogens is 381 g/mol. The monoisotopic (exact) mass is 407 g/mol. The minimum atomic E-state index is -3.82. The quantitative estimate of drug-likeness (QED) is 0.770. The minimum Gasteiger partial charge on any atom is -0.371 e. The Bertz CT molecular complexity index is 875. The number of rotatable bonds is 3. The van der Waals surface area contributed by atoms with E-state index in [9.17, 15) is 12.8 Å². The zero-order valence-corrected chi connectivity index (χ0v) is 16.8. The standard InChI is InChI=1S/C20H26FN3O3S/c21-18-7-6-17(13-16(18)14-22)28(25,26)24-11-12-27-20(15-24)8-2-1-5-19(20)23-9-3-4-10-23/h6-7,13,19H,1-5,8-12,15H2/t19-,20-/m1/s1. The summed E-state index contributed by atoms with van der Waals surface area (Å²) in [5, 5.41) is 9.05. The first-order valence-corrected chi connectivity index (χ1v) is 11.5. The van der Waals surface area contributed by atoms with E-state index in [2.05, 4.69) is 4.90 Å². The van der Waals surface area contributed by atoms with Crippen molar-refractivity contribution >= 4 is 10.0 Å². The van der Waals surface area contributed by atoms with Gasteiger partial charge in [-0.1, -0.05) is 12.8 Å². The Morgan fingerprint density at radius 1 is 1.18 bits per heavy atom. The average Bonchev–Trinajstić information content (AvgIpc) is 3.23. The van der Waals surface area contributed by atoms with Gasteiger partial charge in [0.1, 0.15) is 11.9 Å². The topological polar surface area (TPSA) is 73.6 Å². The van der Waals surface area contributed by atoms with E-state index in [1.807, 2.05) is 0 Å². The van der Waals surface area contributed by atoms with Crippen LogP contribution in [0, 0.1) is 17.1 Å². The maximum Gasteiger partial charge on any atom is 0.243 e. The van der Waals surface area contributed by atoms with Crippen LogP contribution in [0.1, 0.15) is 44.1 Å². The summed E-state index contributed by atoms with van der Waals surface area (Å²) in [5.41, 5.74) is -0.733. The van der Waals surface area contributed by atoms with Crippen LogP contribution in [0.2, 0.25) is 0 Å². The molecule has 2 saturated heterocycles. The molecule has 6 nitrogen and oxygen atoms in total.